The van der Waals surface area contributed by atoms with Gasteiger partial charge in [0.2, 0.25) is 11.8 Å². The maximum atomic E-state index is 12.7. The van der Waals surface area contributed by atoms with Gasteiger partial charge in [-0.2, -0.15) is 0 Å². The molecule has 1 saturated heterocycles. The van der Waals surface area contributed by atoms with E-state index in [9.17, 15) is 14.4 Å². The number of ether oxygens (including phenoxy) is 1. The zero-order chi connectivity index (χ0) is 21.3. The third-order valence-electron chi connectivity index (χ3n) is 4.77. The van der Waals surface area contributed by atoms with Crippen molar-refractivity contribution in [1.29, 1.82) is 0 Å². The van der Waals surface area contributed by atoms with Crippen molar-refractivity contribution in [3.05, 3.63) is 53.1 Å². The molecule has 30 heavy (non-hydrogen) atoms. The molecular weight excluding hydrogens is 426 g/mol. The third-order valence-corrected chi connectivity index (χ3v) is 5.94. The van der Waals surface area contributed by atoms with Crippen molar-refractivity contribution in [3.8, 4) is 0 Å². The standard InChI is InChI=1S/C21H18ClN3O4S/c1-2-29-20(28)12-3-6-15(7-4-12)25-11-13(9-18(25)26)19(27)24-21-23-16-8-5-14(22)10-17(16)30-21/h3-8,10,13H,2,9,11H2,1H3,(H,23,24,27). The lowest BCUT2D eigenvalue weighted by Crippen LogP contribution is -2.28. The number of esters is 1. The Balaban J connectivity index is 1.43. The molecule has 4 rings (SSSR count). The Kier molecular flexibility index (Phi) is 5.69. The summed E-state index contributed by atoms with van der Waals surface area (Å²) in [4.78, 5) is 42.9. The number of fused-ring (bicyclic) bond motifs is 1. The number of aromatic nitrogens is 1. The molecule has 1 aliphatic rings. The van der Waals surface area contributed by atoms with Crippen molar-refractivity contribution in [2.24, 2.45) is 5.92 Å². The number of rotatable bonds is 5. The SMILES string of the molecule is CCOC(=O)c1ccc(N2CC(C(=O)Nc3nc4ccc(Cl)cc4s3)CC2=O)cc1. The van der Waals surface area contributed by atoms with Gasteiger partial charge >= 0.3 is 5.97 Å². The zero-order valence-electron chi connectivity index (χ0n) is 16.1. The molecule has 1 fully saturated rings. The van der Waals surface area contributed by atoms with Gasteiger partial charge in [-0.3, -0.25) is 9.59 Å². The summed E-state index contributed by atoms with van der Waals surface area (Å²) in [6.07, 6.45) is 0.113. The van der Waals surface area contributed by atoms with E-state index >= 15 is 0 Å². The largest absolute Gasteiger partial charge is 0.462 e. The molecule has 1 atom stereocenters. The first-order chi connectivity index (χ1) is 14.4. The van der Waals surface area contributed by atoms with E-state index < -0.39 is 11.9 Å². The van der Waals surface area contributed by atoms with Crippen LogP contribution in [-0.2, 0) is 14.3 Å². The molecule has 2 amide bonds. The Hall–Kier alpha value is -2.97. The van der Waals surface area contributed by atoms with E-state index in [1.807, 2.05) is 0 Å². The Morgan fingerprint density at radius 3 is 2.77 bits per heavy atom. The van der Waals surface area contributed by atoms with Gasteiger partial charge < -0.3 is 15.0 Å². The van der Waals surface area contributed by atoms with Gasteiger partial charge in [-0.1, -0.05) is 22.9 Å². The number of hydrogen-bond donors (Lipinski definition) is 1. The van der Waals surface area contributed by atoms with E-state index in [2.05, 4.69) is 10.3 Å². The maximum absolute atomic E-state index is 12.7. The van der Waals surface area contributed by atoms with Crippen LogP contribution in [0.1, 0.15) is 23.7 Å². The molecule has 0 aliphatic carbocycles. The Bertz CT molecular complexity index is 1130. The summed E-state index contributed by atoms with van der Waals surface area (Å²) >= 11 is 7.33. The number of halogens is 1. The first-order valence-electron chi connectivity index (χ1n) is 9.39. The van der Waals surface area contributed by atoms with Crippen LogP contribution in [0.5, 0.6) is 0 Å². The van der Waals surface area contributed by atoms with Crippen molar-refractivity contribution >= 4 is 61.8 Å². The van der Waals surface area contributed by atoms with Gasteiger partial charge in [-0.15, -0.1) is 0 Å². The molecule has 0 bridgehead atoms. The number of hydrogen-bond acceptors (Lipinski definition) is 6. The van der Waals surface area contributed by atoms with Crippen LogP contribution < -0.4 is 10.2 Å². The molecule has 7 nitrogen and oxygen atoms in total. The second kappa shape index (κ2) is 8.41. The van der Waals surface area contributed by atoms with Crippen molar-refractivity contribution in [2.45, 2.75) is 13.3 Å². The van der Waals surface area contributed by atoms with Crippen LogP contribution >= 0.6 is 22.9 Å². The monoisotopic (exact) mass is 443 g/mol. The highest BCUT2D eigenvalue weighted by molar-refractivity contribution is 7.22. The summed E-state index contributed by atoms with van der Waals surface area (Å²) in [6, 6.07) is 11.9. The Morgan fingerprint density at radius 1 is 1.27 bits per heavy atom. The molecule has 2 aromatic carbocycles. The fraction of sp³-hybridized carbons (Fsp3) is 0.238. The van der Waals surface area contributed by atoms with Gasteiger partial charge in [0, 0.05) is 23.7 Å². The van der Waals surface area contributed by atoms with E-state index in [-0.39, 0.29) is 24.8 Å². The van der Waals surface area contributed by atoms with Gasteiger partial charge in [-0.25, -0.2) is 9.78 Å². The average molecular weight is 444 g/mol. The molecule has 0 spiro atoms. The van der Waals surface area contributed by atoms with E-state index in [0.717, 1.165) is 10.2 Å². The molecule has 0 saturated carbocycles. The molecule has 1 aliphatic heterocycles. The number of nitrogens with zero attached hydrogens (tertiary/aromatic N) is 2. The summed E-state index contributed by atoms with van der Waals surface area (Å²) < 4.78 is 5.84. The fourth-order valence-electron chi connectivity index (χ4n) is 3.28. The molecular formula is C21H18ClN3O4S. The number of carbonyl (C=O) groups is 3. The molecule has 1 unspecified atom stereocenters. The van der Waals surface area contributed by atoms with Gasteiger partial charge in [0.05, 0.1) is 28.3 Å². The van der Waals surface area contributed by atoms with Crippen LogP contribution in [0.25, 0.3) is 10.2 Å². The number of carbonyl (C=O) groups excluding carboxylic acids is 3. The first kappa shape index (κ1) is 20.3. The summed E-state index contributed by atoms with van der Waals surface area (Å²) in [6.45, 7) is 2.30. The smallest absolute Gasteiger partial charge is 0.338 e. The van der Waals surface area contributed by atoms with Crippen LogP contribution in [0.3, 0.4) is 0 Å². The van der Waals surface area contributed by atoms with Crippen LogP contribution in [-0.4, -0.2) is 35.9 Å². The van der Waals surface area contributed by atoms with Gasteiger partial charge in [0.15, 0.2) is 5.13 Å². The van der Waals surface area contributed by atoms with Gasteiger partial charge in [0.25, 0.3) is 0 Å². The van der Waals surface area contributed by atoms with Gasteiger partial charge in [-0.05, 0) is 49.4 Å². The summed E-state index contributed by atoms with van der Waals surface area (Å²) in [5, 5.41) is 3.89. The van der Waals surface area contributed by atoms with Crippen LogP contribution in [0, 0.1) is 5.92 Å². The molecule has 154 valence electrons. The zero-order valence-corrected chi connectivity index (χ0v) is 17.6. The van der Waals surface area contributed by atoms with Crippen molar-refractivity contribution in [3.63, 3.8) is 0 Å². The predicted molar refractivity (Wildman–Crippen MR) is 116 cm³/mol. The lowest BCUT2D eigenvalue weighted by molar-refractivity contribution is -0.122. The Labute approximate surface area is 181 Å². The van der Waals surface area contributed by atoms with Crippen molar-refractivity contribution in [1.82, 2.24) is 4.98 Å². The maximum Gasteiger partial charge on any atom is 0.338 e. The minimum Gasteiger partial charge on any atom is -0.462 e. The summed E-state index contributed by atoms with van der Waals surface area (Å²) in [5.41, 5.74) is 1.81. The second-order valence-corrected chi connectivity index (χ2v) is 8.26. The highest BCUT2D eigenvalue weighted by Gasteiger charge is 2.35. The minimum absolute atomic E-state index is 0.113. The van der Waals surface area contributed by atoms with Crippen LogP contribution in [0.15, 0.2) is 42.5 Å². The minimum atomic E-state index is -0.488. The number of benzene rings is 2. The third kappa shape index (κ3) is 4.15. The fourth-order valence-corrected chi connectivity index (χ4v) is 4.43. The molecule has 1 N–H and O–H groups in total. The lowest BCUT2D eigenvalue weighted by atomic mass is 10.1. The summed E-state index contributed by atoms with van der Waals surface area (Å²) in [7, 11) is 0. The van der Waals surface area contributed by atoms with Crippen molar-refractivity contribution in [2.75, 3.05) is 23.4 Å². The first-order valence-corrected chi connectivity index (χ1v) is 10.6. The highest BCUT2D eigenvalue weighted by atomic mass is 35.5. The molecule has 3 aromatic rings. The van der Waals surface area contributed by atoms with E-state index in [1.54, 1.807) is 54.3 Å². The number of amides is 2. The van der Waals surface area contributed by atoms with E-state index in [1.165, 1.54) is 11.3 Å². The predicted octanol–water partition coefficient (Wildman–Crippen LogP) is 4.12. The molecule has 9 heteroatoms. The molecule has 1 aromatic heterocycles. The second-order valence-electron chi connectivity index (χ2n) is 6.79. The van der Waals surface area contributed by atoms with Crippen LogP contribution in [0.2, 0.25) is 5.02 Å². The number of nitrogens with one attached hydrogen (secondary N) is 1. The van der Waals surface area contributed by atoms with Crippen molar-refractivity contribution < 1.29 is 19.1 Å². The number of anilines is 2. The lowest BCUT2D eigenvalue weighted by Gasteiger charge is -2.17. The van der Waals surface area contributed by atoms with E-state index in [4.69, 9.17) is 16.3 Å². The van der Waals surface area contributed by atoms with E-state index in [0.29, 0.717) is 28.0 Å². The van der Waals surface area contributed by atoms with Gasteiger partial charge in [0.1, 0.15) is 0 Å². The highest BCUT2D eigenvalue weighted by Crippen LogP contribution is 2.30. The topological polar surface area (TPSA) is 88.6 Å². The quantitative estimate of drug-likeness (QED) is 0.599. The van der Waals surface area contributed by atoms with Crippen LogP contribution in [0.4, 0.5) is 10.8 Å². The molecule has 2 heterocycles. The summed E-state index contributed by atoms with van der Waals surface area (Å²) in [5.74, 6) is -1.29. The average Bonchev–Trinajstić information content (AvgIpc) is 3.30. The number of thiazole rings is 1. The molecule has 0 radical (unpaired) electrons. The normalized spacial score (nSPS) is 16.1. The Morgan fingerprint density at radius 2 is 2.03 bits per heavy atom.